The van der Waals surface area contributed by atoms with Gasteiger partial charge in [-0.1, -0.05) is 48.5 Å². The summed E-state index contributed by atoms with van der Waals surface area (Å²) in [4.78, 5) is 17.1. The van der Waals surface area contributed by atoms with E-state index in [1.165, 1.54) is 0 Å². The fourth-order valence-corrected chi connectivity index (χ4v) is 2.44. The zero-order valence-electron chi connectivity index (χ0n) is 12.1. The minimum absolute atomic E-state index is 0.0646. The molecule has 0 saturated heterocycles. The number of carbonyl (C=O) groups is 1. The van der Waals surface area contributed by atoms with E-state index >= 15 is 0 Å². The highest BCUT2D eigenvalue weighted by Crippen LogP contribution is 2.31. The van der Waals surface area contributed by atoms with E-state index in [1.54, 1.807) is 0 Å². The lowest BCUT2D eigenvalue weighted by atomic mass is 10.0. The van der Waals surface area contributed by atoms with E-state index in [9.17, 15) is 4.79 Å². The van der Waals surface area contributed by atoms with Crippen LogP contribution in [0.3, 0.4) is 0 Å². The molecule has 2 N–H and O–H groups in total. The molecule has 114 valence electrons. The minimum atomic E-state index is -0.349. The zero-order chi connectivity index (χ0) is 15.2. The van der Waals surface area contributed by atoms with E-state index < -0.39 is 0 Å². The van der Waals surface area contributed by atoms with Crippen molar-refractivity contribution in [2.75, 3.05) is 6.61 Å². The van der Waals surface area contributed by atoms with Crippen molar-refractivity contribution < 1.29 is 14.4 Å². The van der Waals surface area contributed by atoms with Gasteiger partial charge in [0.1, 0.15) is 5.75 Å². The number of amides is 2. The van der Waals surface area contributed by atoms with Crippen molar-refractivity contribution in [2.45, 2.75) is 19.1 Å². The number of carbonyl (C=O) groups excluding carboxylic acids is 1. The third-order valence-electron chi connectivity index (χ3n) is 3.51. The average molecular weight is 298 g/mol. The van der Waals surface area contributed by atoms with Crippen LogP contribution in [0.15, 0.2) is 54.6 Å². The monoisotopic (exact) mass is 298 g/mol. The Balaban J connectivity index is 1.50. The molecule has 3 rings (SSSR count). The molecule has 0 aromatic heterocycles. The molecule has 0 saturated carbocycles. The molecule has 0 unspecified atom stereocenters. The van der Waals surface area contributed by atoms with E-state index in [-0.39, 0.29) is 12.1 Å². The molecule has 0 radical (unpaired) electrons. The molecule has 0 aliphatic carbocycles. The standard InChI is InChI=1S/C17H18N2O3/c20-17(19-22-12-13-6-2-1-3-7-13)18-15-10-11-21-16-9-5-4-8-14(15)16/h1-9,15H,10-12H2,(H2,18,19,20)/t15-/m1/s1. The van der Waals surface area contributed by atoms with Crippen LogP contribution in [-0.4, -0.2) is 12.6 Å². The van der Waals surface area contributed by atoms with Crippen LogP contribution in [0, 0.1) is 0 Å². The molecule has 2 aromatic rings. The Morgan fingerprint density at radius 2 is 1.91 bits per heavy atom. The molecule has 22 heavy (non-hydrogen) atoms. The van der Waals surface area contributed by atoms with Gasteiger partial charge in [-0.15, -0.1) is 0 Å². The number of hydrogen-bond donors (Lipinski definition) is 2. The van der Waals surface area contributed by atoms with Crippen molar-refractivity contribution >= 4 is 6.03 Å². The number of urea groups is 1. The Hall–Kier alpha value is -2.53. The highest BCUT2D eigenvalue weighted by Gasteiger charge is 2.22. The molecule has 0 bridgehead atoms. The van der Waals surface area contributed by atoms with Gasteiger partial charge >= 0.3 is 6.03 Å². The first kappa shape index (κ1) is 14.4. The summed E-state index contributed by atoms with van der Waals surface area (Å²) < 4.78 is 5.57. The molecule has 5 heteroatoms. The molecule has 0 spiro atoms. The first-order valence-electron chi connectivity index (χ1n) is 7.27. The fourth-order valence-electron chi connectivity index (χ4n) is 2.44. The Morgan fingerprint density at radius 3 is 2.77 bits per heavy atom. The second-order valence-corrected chi connectivity index (χ2v) is 5.08. The third-order valence-corrected chi connectivity index (χ3v) is 3.51. The molecule has 1 aliphatic rings. The van der Waals surface area contributed by atoms with Gasteiger partial charge in [-0.05, 0) is 11.6 Å². The summed E-state index contributed by atoms with van der Waals surface area (Å²) in [5.41, 5.74) is 4.41. The van der Waals surface area contributed by atoms with Crippen LogP contribution >= 0.6 is 0 Å². The molecule has 2 amide bonds. The summed E-state index contributed by atoms with van der Waals surface area (Å²) in [5, 5.41) is 2.91. The van der Waals surface area contributed by atoms with Crippen molar-refractivity contribution in [3.63, 3.8) is 0 Å². The fraction of sp³-hybridized carbons (Fsp3) is 0.235. The van der Waals surface area contributed by atoms with Crippen LogP contribution in [0.1, 0.15) is 23.6 Å². The summed E-state index contributed by atoms with van der Waals surface area (Å²) in [6.45, 7) is 0.922. The summed E-state index contributed by atoms with van der Waals surface area (Å²) in [6.07, 6.45) is 0.739. The average Bonchev–Trinajstić information content (AvgIpc) is 2.56. The first-order valence-corrected chi connectivity index (χ1v) is 7.27. The molecule has 1 heterocycles. The smallest absolute Gasteiger partial charge is 0.339 e. The lowest BCUT2D eigenvalue weighted by Gasteiger charge is -2.26. The predicted molar refractivity (Wildman–Crippen MR) is 82.2 cm³/mol. The van der Waals surface area contributed by atoms with Crippen molar-refractivity contribution in [3.8, 4) is 5.75 Å². The van der Waals surface area contributed by atoms with Crippen LogP contribution in [0.25, 0.3) is 0 Å². The van der Waals surface area contributed by atoms with Gasteiger partial charge in [0.25, 0.3) is 0 Å². The molecule has 1 aliphatic heterocycles. The minimum Gasteiger partial charge on any atom is -0.493 e. The Bertz CT molecular complexity index is 631. The van der Waals surface area contributed by atoms with E-state index in [2.05, 4.69) is 10.8 Å². The van der Waals surface area contributed by atoms with Gasteiger partial charge in [-0.2, -0.15) is 0 Å². The van der Waals surface area contributed by atoms with Gasteiger partial charge in [0.2, 0.25) is 0 Å². The number of rotatable bonds is 4. The highest BCUT2D eigenvalue weighted by atomic mass is 16.7. The summed E-state index contributed by atoms with van der Waals surface area (Å²) in [6, 6.07) is 17.0. The Morgan fingerprint density at radius 1 is 1.14 bits per heavy atom. The van der Waals surface area contributed by atoms with Gasteiger partial charge in [0, 0.05) is 12.0 Å². The largest absolute Gasteiger partial charge is 0.493 e. The summed E-state index contributed by atoms with van der Waals surface area (Å²) in [7, 11) is 0. The van der Waals surface area contributed by atoms with Gasteiger partial charge < -0.3 is 10.1 Å². The normalized spacial score (nSPS) is 16.3. The van der Waals surface area contributed by atoms with Gasteiger partial charge in [-0.25, -0.2) is 10.3 Å². The van der Waals surface area contributed by atoms with Crippen LogP contribution in [0.4, 0.5) is 4.79 Å². The van der Waals surface area contributed by atoms with Crippen molar-refractivity contribution in [3.05, 3.63) is 65.7 Å². The van der Waals surface area contributed by atoms with E-state index in [4.69, 9.17) is 9.57 Å². The SMILES string of the molecule is O=C(NOCc1ccccc1)N[C@@H]1CCOc2ccccc21. The van der Waals surface area contributed by atoms with Gasteiger partial charge in [-0.3, -0.25) is 4.84 Å². The van der Waals surface area contributed by atoms with E-state index in [0.717, 1.165) is 23.3 Å². The Labute approximate surface area is 129 Å². The predicted octanol–water partition coefficient (Wildman–Crippen LogP) is 2.94. The van der Waals surface area contributed by atoms with E-state index in [1.807, 2.05) is 54.6 Å². The maximum atomic E-state index is 11.9. The second-order valence-electron chi connectivity index (χ2n) is 5.08. The highest BCUT2D eigenvalue weighted by molar-refractivity contribution is 5.73. The number of fused-ring (bicyclic) bond motifs is 1. The molecular formula is C17H18N2O3. The Kier molecular flexibility index (Phi) is 4.56. The second kappa shape index (κ2) is 6.95. The summed E-state index contributed by atoms with van der Waals surface area (Å²) >= 11 is 0. The van der Waals surface area contributed by atoms with Crippen molar-refractivity contribution in [1.82, 2.24) is 10.8 Å². The molecule has 0 fully saturated rings. The lowest BCUT2D eigenvalue weighted by Crippen LogP contribution is -2.39. The van der Waals surface area contributed by atoms with E-state index in [0.29, 0.717) is 13.2 Å². The number of benzene rings is 2. The third kappa shape index (κ3) is 3.56. The first-order chi connectivity index (χ1) is 10.8. The van der Waals surface area contributed by atoms with Crippen molar-refractivity contribution in [1.29, 1.82) is 0 Å². The topological polar surface area (TPSA) is 59.6 Å². The maximum absolute atomic E-state index is 11.9. The molecule has 5 nitrogen and oxygen atoms in total. The summed E-state index contributed by atoms with van der Waals surface area (Å²) in [5.74, 6) is 0.823. The van der Waals surface area contributed by atoms with Crippen LogP contribution < -0.4 is 15.5 Å². The number of ether oxygens (including phenoxy) is 1. The zero-order valence-corrected chi connectivity index (χ0v) is 12.1. The van der Waals surface area contributed by atoms with Gasteiger partial charge in [0.15, 0.2) is 0 Å². The van der Waals surface area contributed by atoms with Crippen LogP contribution in [-0.2, 0) is 11.4 Å². The number of hydroxylamine groups is 1. The molecule has 1 atom stereocenters. The van der Waals surface area contributed by atoms with Gasteiger partial charge in [0.05, 0.1) is 19.3 Å². The number of para-hydroxylation sites is 1. The molecule has 2 aromatic carbocycles. The van der Waals surface area contributed by atoms with Crippen LogP contribution in [0.2, 0.25) is 0 Å². The molecular weight excluding hydrogens is 280 g/mol. The number of hydrogen-bond acceptors (Lipinski definition) is 3. The quantitative estimate of drug-likeness (QED) is 0.853. The number of nitrogens with one attached hydrogen (secondary N) is 2. The van der Waals surface area contributed by atoms with Crippen molar-refractivity contribution in [2.24, 2.45) is 0 Å². The van der Waals surface area contributed by atoms with Crippen LogP contribution in [0.5, 0.6) is 5.75 Å². The lowest BCUT2D eigenvalue weighted by molar-refractivity contribution is 0.0475. The maximum Gasteiger partial charge on any atom is 0.339 e.